The molecule has 1 aliphatic rings. The van der Waals surface area contributed by atoms with Gasteiger partial charge < -0.3 is 28.9 Å². The number of benzene rings is 2. The highest BCUT2D eigenvalue weighted by molar-refractivity contribution is 6.74. The van der Waals surface area contributed by atoms with E-state index in [1.165, 1.54) is 0 Å². The molecule has 12 heteroatoms. The van der Waals surface area contributed by atoms with E-state index in [4.69, 9.17) is 36.0 Å². The standard InChI is InChI=1S/C35H43ClN4O6Si/c1-21-8-12-23(13-9-21)32(41)43-20-27-26(46-33(42)24-14-10-22(2)11-15-24)18-28(45-27)40-19-25(16-17-44-47(6,7)35(3,4)5)29-30(36)38-34(37)39-31(29)40/h8-15,19,26-28H,16-18,20H2,1-7H3,(H2,37,38,39)/t26-,27+,28+/m0/s1. The molecule has 5 rings (SSSR count). The largest absolute Gasteiger partial charge is 0.459 e. The van der Waals surface area contributed by atoms with Gasteiger partial charge in [-0.05, 0) is 68.2 Å². The molecular formula is C35H43ClN4O6Si. The fraction of sp³-hybridized carbons (Fsp3) is 0.429. The number of rotatable bonds is 10. The van der Waals surface area contributed by atoms with Crippen LogP contribution in [0.3, 0.4) is 0 Å². The molecule has 0 radical (unpaired) electrons. The molecular weight excluding hydrogens is 636 g/mol. The molecule has 0 saturated carbocycles. The van der Waals surface area contributed by atoms with Gasteiger partial charge in [0.05, 0.1) is 16.5 Å². The van der Waals surface area contributed by atoms with Crippen molar-refractivity contribution in [2.45, 2.75) is 84.0 Å². The summed E-state index contributed by atoms with van der Waals surface area (Å²) in [6.07, 6.45) is 0.661. The van der Waals surface area contributed by atoms with Gasteiger partial charge in [-0.15, -0.1) is 0 Å². The molecule has 250 valence electrons. The van der Waals surface area contributed by atoms with Gasteiger partial charge in [0.25, 0.3) is 0 Å². The minimum absolute atomic E-state index is 0.0230. The van der Waals surface area contributed by atoms with Crippen molar-refractivity contribution >= 4 is 48.8 Å². The van der Waals surface area contributed by atoms with E-state index in [0.717, 1.165) is 16.7 Å². The molecule has 0 unspecified atom stereocenters. The fourth-order valence-electron chi connectivity index (χ4n) is 5.21. The second kappa shape index (κ2) is 13.8. The molecule has 1 fully saturated rings. The first-order valence-electron chi connectivity index (χ1n) is 15.8. The second-order valence-corrected chi connectivity index (χ2v) is 18.8. The second-order valence-electron chi connectivity index (χ2n) is 13.6. The molecule has 3 heterocycles. The highest BCUT2D eigenvalue weighted by atomic mass is 35.5. The minimum Gasteiger partial charge on any atom is -0.459 e. The third-order valence-corrected chi connectivity index (χ3v) is 13.9. The summed E-state index contributed by atoms with van der Waals surface area (Å²) in [5, 5.41) is 0.958. The van der Waals surface area contributed by atoms with E-state index in [2.05, 4.69) is 43.8 Å². The number of hydrogen-bond donors (Lipinski definition) is 1. The van der Waals surface area contributed by atoms with Gasteiger partial charge in [0.2, 0.25) is 5.95 Å². The zero-order valence-corrected chi connectivity index (χ0v) is 29.8. The zero-order chi connectivity index (χ0) is 34.1. The van der Waals surface area contributed by atoms with Gasteiger partial charge in [-0.25, -0.2) is 14.6 Å². The normalized spacial score (nSPS) is 18.4. The average molecular weight is 679 g/mol. The minimum atomic E-state index is -1.98. The van der Waals surface area contributed by atoms with Crippen LogP contribution in [-0.2, 0) is 25.1 Å². The van der Waals surface area contributed by atoms with Crippen LogP contribution in [0.25, 0.3) is 11.0 Å². The van der Waals surface area contributed by atoms with Gasteiger partial charge >= 0.3 is 11.9 Å². The maximum absolute atomic E-state index is 13.2. The number of aromatic nitrogens is 3. The number of carbonyl (C=O) groups is 2. The lowest BCUT2D eigenvalue weighted by Crippen LogP contribution is -2.41. The van der Waals surface area contributed by atoms with Crippen LogP contribution < -0.4 is 5.73 Å². The number of anilines is 1. The van der Waals surface area contributed by atoms with Crippen LogP contribution >= 0.6 is 11.6 Å². The zero-order valence-electron chi connectivity index (χ0n) is 28.0. The first kappa shape index (κ1) is 34.6. The number of nitrogen functional groups attached to an aromatic ring is 1. The third-order valence-electron chi connectivity index (χ3n) is 9.07. The number of nitrogens with zero attached hydrogens (tertiary/aromatic N) is 3. The van der Waals surface area contributed by atoms with Crippen molar-refractivity contribution in [3.63, 3.8) is 0 Å². The number of aryl methyl sites for hydroxylation is 2. The molecule has 47 heavy (non-hydrogen) atoms. The Hall–Kier alpha value is -3.77. The number of carbonyl (C=O) groups excluding carboxylic acids is 2. The third kappa shape index (κ3) is 7.86. The van der Waals surface area contributed by atoms with Crippen molar-refractivity contribution in [1.29, 1.82) is 0 Å². The lowest BCUT2D eigenvalue weighted by Gasteiger charge is -2.36. The Kier molecular flexibility index (Phi) is 10.1. The molecule has 0 amide bonds. The number of halogens is 1. The van der Waals surface area contributed by atoms with Gasteiger partial charge in [-0.1, -0.05) is 67.8 Å². The summed E-state index contributed by atoms with van der Waals surface area (Å²) in [6, 6.07) is 14.2. The Bertz CT molecular complexity index is 1750. The molecule has 2 aromatic heterocycles. The summed E-state index contributed by atoms with van der Waals surface area (Å²) in [5.41, 5.74) is 10.3. The van der Waals surface area contributed by atoms with Crippen LogP contribution in [-0.4, -0.2) is 60.2 Å². The molecule has 2 aromatic carbocycles. The molecule has 3 atom stereocenters. The van der Waals surface area contributed by atoms with E-state index >= 15 is 0 Å². The topological polar surface area (TPSA) is 128 Å². The van der Waals surface area contributed by atoms with E-state index in [9.17, 15) is 9.59 Å². The monoisotopic (exact) mass is 678 g/mol. The molecule has 0 spiro atoms. The fourth-order valence-corrected chi connectivity index (χ4v) is 6.55. The Morgan fingerprint density at radius 2 is 1.60 bits per heavy atom. The number of fused-ring (bicyclic) bond motifs is 1. The lowest BCUT2D eigenvalue weighted by atomic mass is 10.1. The van der Waals surface area contributed by atoms with Gasteiger partial charge in [-0.3, -0.25) is 0 Å². The van der Waals surface area contributed by atoms with Crippen LogP contribution in [0.15, 0.2) is 54.7 Å². The summed E-state index contributed by atoms with van der Waals surface area (Å²) in [6.45, 7) is 15.3. The van der Waals surface area contributed by atoms with Gasteiger partial charge in [-0.2, -0.15) is 4.98 Å². The smallest absolute Gasteiger partial charge is 0.338 e. The van der Waals surface area contributed by atoms with E-state index in [1.807, 2.05) is 48.9 Å². The Balaban J connectivity index is 1.41. The average Bonchev–Trinajstić information content (AvgIpc) is 3.56. The molecule has 1 saturated heterocycles. The van der Waals surface area contributed by atoms with Crippen molar-refractivity contribution in [1.82, 2.24) is 14.5 Å². The van der Waals surface area contributed by atoms with Crippen LogP contribution in [0.4, 0.5) is 5.95 Å². The number of hydrogen-bond acceptors (Lipinski definition) is 9. The SMILES string of the molecule is Cc1ccc(C(=O)OC[C@H]2O[C@@H](n3cc(CCO[Si](C)(C)C(C)(C)C)c4c(Cl)nc(N)nc43)C[C@@H]2OC(=O)c2ccc(C)cc2)cc1. The highest BCUT2D eigenvalue weighted by Crippen LogP contribution is 2.39. The summed E-state index contributed by atoms with van der Waals surface area (Å²) < 4.78 is 26.4. The molecule has 2 N–H and O–H groups in total. The summed E-state index contributed by atoms with van der Waals surface area (Å²) in [4.78, 5) is 34.8. The summed E-state index contributed by atoms with van der Waals surface area (Å²) >= 11 is 6.64. The van der Waals surface area contributed by atoms with Crippen molar-refractivity contribution in [3.05, 3.63) is 87.7 Å². The Labute approximate surface area is 281 Å². The maximum atomic E-state index is 13.2. The molecule has 0 aliphatic carbocycles. The van der Waals surface area contributed by atoms with Crippen LogP contribution in [0.2, 0.25) is 23.3 Å². The van der Waals surface area contributed by atoms with Crippen LogP contribution in [0.1, 0.15) is 70.8 Å². The predicted octanol–water partition coefficient (Wildman–Crippen LogP) is 7.22. The first-order chi connectivity index (χ1) is 22.1. The van der Waals surface area contributed by atoms with E-state index in [-0.39, 0.29) is 29.2 Å². The van der Waals surface area contributed by atoms with E-state index < -0.39 is 38.7 Å². The molecule has 0 bridgehead atoms. The van der Waals surface area contributed by atoms with Crippen molar-refractivity contribution in [3.8, 4) is 0 Å². The lowest BCUT2D eigenvalue weighted by molar-refractivity contribution is -0.0562. The number of nitrogens with two attached hydrogens (primary N) is 1. The van der Waals surface area contributed by atoms with Gasteiger partial charge in [0.1, 0.15) is 35.8 Å². The van der Waals surface area contributed by atoms with Crippen molar-refractivity contribution in [2.75, 3.05) is 18.9 Å². The quantitative estimate of drug-likeness (QED) is 0.105. The summed E-state index contributed by atoms with van der Waals surface area (Å²) in [7, 11) is -1.98. The number of esters is 2. The van der Waals surface area contributed by atoms with Crippen LogP contribution in [0.5, 0.6) is 0 Å². The predicted molar refractivity (Wildman–Crippen MR) is 184 cm³/mol. The van der Waals surface area contributed by atoms with E-state index in [1.54, 1.807) is 24.3 Å². The van der Waals surface area contributed by atoms with Crippen LogP contribution in [0, 0.1) is 13.8 Å². The molecule has 1 aliphatic heterocycles. The van der Waals surface area contributed by atoms with E-state index in [0.29, 0.717) is 35.2 Å². The Morgan fingerprint density at radius 1 is 1.00 bits per heavy atom. The highest BCUT2D eigenvalue weighted by Gasteiger charge is 2.41. The molecule has 4 aromatic rings. The first-order valence-corrected chi connectivity index (χ1v) is 19.0. The van der Waals surface area contributed by atoms with Crippen molar-refractivity contribution < 1.29 is 28.2 Å². The summed E-state index contributed by atoms with van der Waals surface area (Å²) in [5.74, 6) is -0.970. The van der Waals surface area contributed by atoms with Gasteiger partial charge in [0.15, 0.2) is 8.32 Å². The van der Waals surface area contributed by atoms with Gasteiger partial charge in [0, 0.05) is 19.2 Å². The van der Waals surface area contributed by atoms with Crippen molar-refractivity contribution in [2.24, 2.45) is 0 Å². The maximum Gasteiger partial charge on any atom is 0.338 e. The number of ether oxygens (including phenoxy) is 3. The molecule has 10 nitrogen and oxygen atoms in total. The Morgan fingerprint density at radius 3 is 2.19 bits per heavy atom.